The Hall–Kier alpha value is -1.81. The first kappa shape index (κ1) is 11.3. The maximum Gasteiger partial charge on any atom is 0.307 e. The minimum atomic E-state index is -0.690. The summed E-state index contributed by atoms with van der Waals surface area (Å²) in [5.74, 6) is -0.941. The van der Waals surface area contributed by atoms with Crippen LogP contribution in [0.15, 0.2) is 30.5 Å². The van der Waals surface area contributed by atoms with Crippen LogP contribution in [0.3, 0.4) is 0 Å². The summed E-state index contributed by atoms with van der Waals surface area (Å²) in [4.78, 5) is 14.6. The molecule has 0 amide bonds. The van der Waals surface area contributed by atoms with Crippen LogP contribution in [-0.2, 0) is 4.79 Å². The number of hydrogen-bond acceptors (Lipinski definition) is 2. The number of piperidine rings is 1. The molecule has 94 valence electrons. The van der Waals surface area contributed by atoms with Gasteiger partial charge in [-0.25, -0.2) is 0 Å². The minimum Gasteiger partial charge on any atom is -0.481 e. The van der Waals surface area contributed by atoms with Crippen molar-refractivity contribution in [2.45, 2.75) is 12.3 Å². The highest BCUT2D eigenvalue weighted by Crippen LogP contribution is 2.33. The van der Waals surface area contributed by atoms with Gasteiger partial charge in [-0.15, -0.1) is 0 Å². The highest BCUT2D eigenvalue weighted by atomic mass is 16.4. The van der Waals surface area contributed by atoms with Crippen LogP contribution < -0.4 is 5.32 Å². The lowest BCUT2D eigenvalue weighted by atomic mass is 9.81. The van der Waals surface area contributed by atoms with Gasteiger partial charge in [-0.1, -0.05) is 18.2 Å². The highest BCUT2D eigenvalue weighted by molar-refractivity contribution is 5.84. The zero-order chi connectivity index (χ0) is 12.5. The molecule has 4 heteroatoms. The van der Waals surface area contributed by atoms with E-state index in [1.54, 1.807) is 0 Å². The first-order valence-corrected chi connectivity index (χ1v) is 6.27. The zero-order valence-corrected chi connectivity index (χ0v) is 10.0. The van der Waals surface area contributed by atoms with Crippen LogP contribution in [0.4, 0.5) is 0 Å². The number of nitrogens with one attached hydrogen (secondary N) is 2. The average molecular weight is 244 g/mol. The van der Waals surface area contributed by atoms with E-state index in [0.717, 1.165) is 29.6 Å². The Kier molecular flexibility index (Phi) is 2.80. The molecule has 2 heterocycles. The molecular formula is C14H16N2O2. The van der Waals surface area contributed by atoms with Crippen molar-refractivity contribution in [2.75, 3.05) is 13.1 Å². The van der Waals surface area contributed by atoms with Crippen molar-refractivity contribution in [2.24, 2.45) is 5.92 Å². The van der Waals surface area contributed by atoms with Gasteiger partial charge in [0.2, 0.25) is 0 Å². The second kappa shape index (κ2) is 4.46. The average Bonchev–Trinajstić information content (AvgIpc) is 2.86. The van der Waals surface area contributed by atoms with Crippen molar-refractivity contribution < 1.29 is 9.90 Å². The number of para-hydroxylation sites is 1. The Bertz CT molecular complexity index is 576. The summed E-state index contributed by atoms with van der Waals surface area (Å²) in [6, 6.07) is 8.09. The fraction of sp³-hybridized carbons (Fsp3) is 0.357. The van der Waals surface area contributed by atoms with E-state index in [4.69, 9.17) is 0 Å². The lowest BCUT2D eigenvalue weighted by Crippen LogP contribution is -2.38. The first-order chi connectivity index (χ1) is 8.77. The molecule has 18 heavy (non-hydrogen) atoms. The molecule has 1 fully saturated rings. The molecule has 0 aliphatic carbocycles. The molecule has 1 aromatic carbocycles. The van der Waals surface area contributed by atoms with Gasteiger partial charge in [0.1, 0.15) is 0 Å². The van der Waals surface area contributed by atoms with E-state index in [-0.39, 0.29) is 11.8 Å². The summed E-state index contributed by atoms with van der Waals surface area (Å²) in [7, 11) is 0. The van der Waals surface area contributed by atoms with Gasteiger partial charge in [0, 0.05) is 24.2 Å². The molecule has 0 radical (unpaired) electrons. The van der Waals surface area contributed by atoms with Gasteiger partial charge >= 0.3 is 5.97 Å². The number of carboxylic acid groups (broad SMARTS) is 1. The predicted molar refractivity (Wildman–Crippen MR) is 69.7 cm³/mol. The molecule has 1 saturated heterocycles. The SMILES string of the molecule is O=C(O)C1CCNCC1c1cccc2cc[nH]c12. The molecule has 2 unspecified atom stereocenters. The van der Waals surface area contributed by atoms with Gasteiger partial charge in [-0.3, -0.25) is 4.79 Å². The Morgan fingerprint density at radius 3 is 3.06 bits per heavy atom. The van der Waals surface area contributed by atoms with E-state index < -0.39 is 5.97 Å². The number of H-pyrrole nitrogens is 1. The lowest BCUT2D eigenvalue weighted by Gasteiger charge is -2.30. The summed E-state index contributed by atoms with van der Waals surface area (Å²) in [5, 5.41) is 13.8. The van der Waals surface area contributed by atoms with Crippen molar-refractivity contribution in [3.05, 3.63) is 36.0 Å². The van der Waals surface area contributed by atoms with E-state index in [2.05, 4.69) is 10.3 Å². The molecule has 2 atom stereocenters. The number of aromatic amines is 1. The van der Waals surface area contributed by atoms with Crippen molar-refractivity contribution in [1.82, 2.24) is 10.3 Å². The molecule has 1 aliphatic rings. The van der Waals surface area contributed by atoms with Crippen LogP contribution in [0.1, 0.15) is 17.9 Å². The van der Waals surface area contributed by atoms with Gasteiger partial charge in [0.05, 0.1) is 5.92 Å². The number of carboxylic acids is 1. The van der Waals surface area contributed by atoms with E-state index in [9.17, 15) is 9.90 Å². The van der Waals surface area contributed by atoms with Crippen molar-refractivity contribution in [3.63, 3.8) is 0 Å². The Balaban J connectivity index is 2.06. The summed E-state index contributed by atoms with van der Waals surface area (Å²) in [6.45, 7) is 1.52. The summed E-state index contributed by atoms with van der Waals surface area (Å²) in [5.41, 5.74) is 2.18. The number of hydrogen-bond donors (Lipinski definition) is 3. The van der Waals surface area contributed by atoms with Gasteiger partial charge in [0.15, 0.2) is 0 Å². The third-order valence-corrected chi connectivity index (χ3v) is 3.82. The number of fused-ring (bicyclic) bond motifs is 1. The second-order valence-electron chi connectivity index (χ2n) is 4.83. The summed E-state index contributed by atoms with van der Waals surface area (Å²) in [6.07, 6.45) is 2.59. The number of aromatic nitrogens is 1. The molecule has 1 aliphatic heterocycles. The molecule has 1 aromatic heterocycles. The third-order valence-electron chi connectivity index (χ3n) is 3.82. The highest BCUT2D eigenvalue weighted by Gasteiger charge is 2.32. The zero-order valence-electron chi connectivity index (χ0n) is 10.0. The number of carbonyl (C=O) groups is 1. The van der Waals surface area contributed by atoms with E-state index in [1.807, 2.05) is 30.5 Å². The van der Waals surface area contributed by atoms with E-state index in [0.29, 0.717) is 6.42 Å². The van der Waals surface area contributed by atoms with Gasteiger partial charge < -0.3 is 15.4 Å². The van der Waals surface area contributed by atoms with Crippen LogP contribution >= 0.6 is 0 Å². The molecule has 3 rings (SSSR count). The van der Waals surface area contributed by atoms with Crippen molar-refractivity contribution >= 4 is 16.9 Å². The maximum atomic E-state index is 11.4. The van der Waals surface area contributed by atoms with E-state index >= 15 is 0 Å². The largest absolute Gasteiger partial charge is 0.481 e. The van der Waals surface area contributed by atoms with Gasteiger partial charge in [-0.05, 0) is 30.0 Å². The predicted octanol–water partition coefficient (Wildman–Crippen LogP) is 1.95. The monoisotopic (exact) mass is 244 g/mol. The van der Waals surface area contributed by atoms with Crippen molar-refractivity contribution in [1.29, 1.82) is 0 Å². The Labute approximate surface area is 105 Å². The second-order valence-corrected chi connectivity index (χ2v) is 4.83. The molecular weight excluding hydrogens is 228 g/mol. The quantitative estimate of drug-likeness (QED) is 0.756. The van der Waals surface area contributed by atoms with Crippen molar-refractivity contribution in [3.8, 4) is 0 Å². The lowest BCUT2D eigenvalue weighted by molar-refractivity contribution is -0.143. The first-order valence-electron chi connectivity index (χ1n) is 6.27. The molecule has 3 N–H and O–H groups in total. The van der Waals surface area contributed by atoms with Gasteiger partial charge in [-0.2, -0.15) is 0 Å². The van der Waals surface area contributed by atoms with Gasteiger partial charge in [0.25, 0.3) is 0 Å². The minimum absolute atomic E-state index is 0.0404. The summed E-state index contributed by atoms with van der Waals surface area (Å²) < 4.78 is 0. The van der Waals surface area contributed by atoms with E-state index in [1.165, 1.54) is 0 Å². The summed E-state index contributed by atoms with van der Waals surface area (Å²) >= 11 is 0. The Morgan fingerprint density at radius 1 is 1.33 bits per heavy atom. The normalized spacial score (nSPS) is 24.2. The van der Waals surface area contributed by atoms with Crippen LogP contribution in [0.5, 0.6) is 0 Å². The molecule has 0 saturated carbocycles. The topological polar surface area (TPSA) is 65.1 Å². The molecule has 0 bridgehead atoms. The standard InChI is InChI=1S/C14H16N2O2/c17-14(18)11-5-6-15-8-12(11)10-3-1-2-9-4-7-16-13(9)10/h1-4,7,11-12,15-16H,5-6,8H2,(H,17,18). The smallest absolute Gasteiger partial charge is 0.307 e. The van der Waals surface area contributed by atoms with Crippen LogP contribution in [-0.4, -0.2) is 29.1 Å². The number of benzene rings is 1. The molecule has 0 spiro atoms. The molecule has 2 aromatic rings. The van der Waals surface area contributed by atoms with Crippen LogP contribution in [0.2, 0.25) is 0 Å². The Morgan fingerprint density at radius 2 is 2.22 bits per heavy atom. The fourth-order valence-corrected chi connectivity index (χ4v) is 2.90. The fourth-order valence-electron chi connectivity index (χ4n) is 2.90. The van der Waals surface area contributed by atoms with Crippen LogP contribution in [0.25, 0.3) is 10.9 Å². The third kappa shape index (κ3) is 1.78. The number of aliphatic carboxylic acids is 1. The maximum absolute atomic E-state index is 11.4. The number of rotatable bonds is 2. The van der Waals surface area contributed by atoms with Crippen LogP contribution in [0, 0.1) is 5.92 Å². The molecule has 4 nitrogen and oxygen atoms in total.